The molecule has 0 spiro atoms. The van der Waals surface area contributed by atoms with Crippen molar-refractivity contribution >= 4 is 27.6 Å². The van der Waals surface area contributed by atoms with Crippen molar-refractivity contribution in [3.05, 3.63) is 60.2 Å². The third-order valence-corrected chi connectivity index (χ3v) is 5.34. The van der Waals surface area contributed by atoms with Crippen molar-refractivity contribution in [2.75, 3.05) is 24.5 Å². The van der Waals surface area contributed by atoms with Crippen LogP contribution >= 0.6 is 0 Å². The van der Waals surface area contributed by atoms with Crippen LogP contribution in [0.2, 0.25) is 0 Å². The molecule has 1 N–H and O–H groups in total. The Kier molecular flexibility index (Phi) is 6.35. The number of hydrogen-bond acceptors (Lipinski definition) is 5. The number of carbonyl (C=O) groups excluding carboxylic acids is 2. The van der Waals surface area contributed by atoms with Gasteiger partial charge in [-0.15, -0.1) is 0 Å². The molecule has 0 unspecified atom stereocenters. The summed E-state index contributed by atoms with van der Waals surface area (Å²) in [7, 11) is -2.41. The minimum atomic E-state index is -3.84. The van der Waals surface area contributed by atoms with Gasteiger partial charge in [0.1, 0.15) is 0 Å². The maximum absolute atomic E-state index is 12.8. The molecule has 2 rings (SSSR count). The van der Waals surface area contributed by atoms with Crippen LogP contribution in [-0.4, -0.2) is 40.5 Å². The number of amides is 1. The summed E-state index contributed by atoms with van der Waals surface area (Å²) in [6.45, 7) is 1.75. The number of benzene rings is 2. The van der Waals surface area contributed by atoms with Gasteiger partial charge in [0.25, 0.3) is 15.9 Å². The number of para-hydroxylation sites is 1. The zero-order chi connectivity index (χ0) is 19.2. The number of nitrogens with one attached hydrogen (secondary N) is 1. The fraction of sp³-hybridized carbons (Fsp3) is 0.222. The fourth-order valence-electron chi connectivity index (χ4n) is 2.18. The lowest BCUT2D eigenvalue weighted by atomic mass is 10.2. The standard InChI is InChI=1S/C18H20N2O5S/c1-3-19-17(21)13-25-18(22)14-8-7-11-16(12-14)26(23,24)20(2)15-9-5-4-6-10-15/h4-12H,3,13H2,1-2H3,(H,19,21). The molecule has 0 heterocycles. The van der Waals surface area contributed by atoms with Gasteiger partial charge in [-0.1, -0.05) is 24.3 Å². The molecule has 0 radical (unpaired) electrons. The molecule has 138 valence electrons. The van der Waals surface area contributed by atoms with E-state index in [-0.39, 0.29) is 10.5 Å². The molecule has 2 aromatic rings. The van der Waals surface area contributed by atoms with E-state index in [0.29, 0.717) is 12.2 Å². The first-order valence-corrected chi connectivity index (χ1v) is 9.38. The molecule has 0 aliphatic carbocycles. The Bertz CT molecular complexity index is 881. The first-order chi connectivity index (χ1) is 12.4. The maximum atomic E-state index is 12.8. The van der Waals surface area contributed by atoms with Gasteiger partial charge in [0.05, 0.1) is 16.1 Å². The van der Waals surface area contributed by atoms with Gasteiger partial charge in [0.2, 0.25) is 0 Å². The first-order valence-electron chi connectivity index (χ1n) is 7.94. The summed E-state index contributed by atoms with van der Waals surface area (Å²) in [5.41, 5.74) is 0.550. The zero-order valence-electron chi connectivity index (χ0n) is 14.5. The van der Waals surface area contributed by atoms with Crippen LogP contribution in [0.1, 0.15) is 17.3 Å². The molecular formula is C18H20N2O5S. The Morgan fingerprint density at radius 3 is 2.42 bits per heavy atom. The van der Waals surface area contributed by atoms with Crippen molar-refractivity contribution in [2.45, 2.75) is 11.8 Å². The molecular weight excluding hydrogens is 356 g/mol. The summed E-state index contributed by atoms with van der Waals surface area (Å²) in [5.74, 6) is -1.19. The number of ether oxygens (including phenoxy) is 1. The number of sulfonamides is 1. The normalized spacial score (nSPS) is 10.8. The second-order valence-electron chi connectivity index (χ2n) is 5.37. The zero-order valence-corrected chi connectivity index (χ0v) is 15.3. The van der Waals surface area contributed by atoms with Crippen molar-refractivity contribution in [3.63, 3.8) is 0 Å². The topological polar surface area (TPSA) is 92.8 Å². The molecule has 26 heavy (non-hydrogen) atoms. The Balaban J connectivity index is 2.20. The van der Waals surface area contributed by atoms with Crippen molar-refractivity contribution < 1.29 is 22.7 Å². The van der Waals surface area contributed by atoms with Crippen LogP contribution in [0, 0.1) is 0 Å². The van der Waals surface area contributed by atoms with Crippen molar-refractivity contribution in [3.8, 4) is 0 Å². The number of esters is 1. The average Bonchev–Trinajstić information content (AvgIpc) is 2.66. The number of anilines is 1. The second kappa shape index (κ2) is 8.48. The Morgan fingerprint density at radius 2 is 1.77 bits per heavy atom. The first kappa shape index (κ1) is 19.5. The van der Waals surface area contributed by atoms with Crippen LogP contribution in [0.5, 0.6) is 0 Å². The summed E-state index contributed by atoms with van der Waals surface area (Å²) in [6, 6.07) is 14.1. The van der Waals surface area contributed by atoms with Crippen LogP contribution in [0.25, 0.3) is 0 Å². The SMILES string of the molecule is CCNC(=O)COC(=O)c1cccc(S(=O)(=O)N(C)c2ccccc2)c1. The summed E-state index contributed by atoms with van der Waals surface area (Å²) >= 11 is 0. The number of rotatable bonds is 7. The van der Waals surface area contributed by atoms with Crippen molar-refractivity contribution in [1.82, 2.24) is 5.32 Å². The molecule has 0 aromatic heterocycles. The number of carbonyl (C=O) groups is 2. The van der Waals surface area contributed by atoms with E-state index in [1.165, 1.54) is 31.3 Å². The molecule has 2 aromatic carbocycles. The largest absolute Gasteiger partial charge is 0.452 e. The fourth-order valence-corrected chi connectivity index (χ4v) is 3.42. The monoisotopic (exact) mass is 376 g/mol. The Hall–Kier alpha value is -2.87. The van der Waals surface area contributed by atoms with Gasteiger partial charge in [-0.3, -0.25) is 9.10 Å². The Morgan fingerprint density at radius 1 is 1.08 bits per heavy atom. The van der Waals surface area contributed by atoms with Crippen molar-refractivity contribution in [2.24, 2.45) is 0 Å². The van der Waals surface area contributed by atoms with Crippen LogP contribution in [0.4, 0.5) is 5.69 Å². The van der Waals surface area contributed by atoms with Gasteiger partial charge in [-0.2, -0.15) is 0 Å². The van der Waals surface area contributed by atoms with E-state index in [4.69, 9.17) is 4.74 Å². The average molecular weight is 376 g/mol. The highest BCUT2D eigenvalue weighted by Crippen LogP contribution is 2.22. The van der Waals surface area contributed by atoms with Gasteiger partial charge in [0.15, 0.2) is 6.61 Å². The molecule has 0 bridgehead atoms. The van der Waals surface area contributed by atoms with Crippen LogP contribution in [-0.2, 0) is 19.6 Å². The highest BCUT2D eigenvalue weighted by Gasteiger charge is 2.22. The highest BCUT2D eigenvalue weighted by molar-refractivity contribution is 7.92. The third kappa shape index (κ3) is 4.60. The van der Waals surface area contributed by atoms with Crippen molar-refractivity contribution in [1.29, 1.82) is 0 Å². The van der Waals surface area contributed by atoms with E-state index in [2.05, 4.69) is 5.32 Å². The lowest BCUT2D eigenvalue weighted by Gasteiger charge is -2.19. The molecule has 8 heteroatoms. The minimum absolute atomic E-state index is 0.0451. The third-order valence-electron chi connectivity index (χ3n) is 3.56. The lowest BCUT2D eigenvalue weighted by molar-refractivity contribution is -0.124. The molecule has 0 aliphatic heterocycles. The highest BCUT2D eigenvalue weighted by atomic mass is 32.2. The quantitative estimate of drug-likeness (QED) is 0.744. The van der Waals surface area contributed by atoms with E-state index in [0.717, 1.165) is 4.31 Å². The maximum Gasteiger partial charge on any atom is 0.338 e. The molecule has 1 amide bonds. The van der Waals surface area contributed by atoms with Gasteiger partial charge >= 0.3 is 5.97 Å². The number of nitrogens with zero attached hydrogens (tertiary/aromatic N) is 1. The number of hydrogen-bond donors (Lipinski definition) is 1. The van der Waals surface area contributed by atoms with E-state index >= 15 is 0 Å². The lowest BCUT2D eigenvalue weighted by Crippen LogP contribution is -2.28. The van der Waals surface area contributed by atoms with Gasteiger partial charge < -0.3 is 10.1 Å². The summed E-state index contributed by atoms with van der Waals surface area (Å²) in [5, 5.41) is 2.50. The molecule has 0 aliphatic rings. The van der Waals surface area contributed by atoms with E-state index < -0.39 is 28.5 Å². The van der Waals surface area contributed by atoms with Crippen LogP contribution in [0.3, 0.4) is 0 Å². The van der Waals surface area contributed by atoms with Gasteiger partial charge in [-0.25, -0.2) is 13.2 Å². The van der Waals surface area contributed by atoms with E-state index in [1.54, 1.807) is 37.3 Å². The molecule has 0 saturated heterocycles. The summed E-state index contributed by atoms with van der Waals surface area (Å²) in [4.78, 5) is 23.4. The van der Waals surface area contributed by atoms with Gasteiger partial charge in [-0.05, 0) is 37.3 Å². The molecule has 0 saturated carbocycles. The molecule has 0 fully saturated rings. The predicted molar refractivity (Wildman–Crippen MR) is 97.4 cm³/mol. The minimum Gasteiger partial charge on any atom is -0.452 e. The Labute approximate surface area is 152 Å². The van der Waals surface area contributed by atoms with Crippen LogP contribution in [0.15, 0.2) is 59.5 Å². The number of likely N-dealkylation sites (N-methyl/N-ethyl adjacent to an activating group) is 1. The van der Waals surface area contributed by atoms with Gasteiger partial charge in [0, 0.05) is 13.6 Å². The van der Waals surface area contributed by atoms with Crippen LogP contribution < -0.4 is 9.62 Å². The predicted octanol–water partition coefficient (Wildman–Crippen LogP) is 1.80. The van der Waals surface area contributed by atoms with E-state index in [9.17, 15) is 18.0 Å². The summed E-state index contributed by atoms with van der Waals surface area (Å²) < 4.78 is 31.6. The molecule has 0 atom stereocenters. The molecule has 7 nitrogen and oxygen atoms in total. The van der Waals surface area contributed by atoms with E-state index in [1.807, 2.05) is 0 Å². The summed E-state index contributed by atoms with van der Waals surface area (Å²) in [6.07, 6.45) is 0. The second-order valence-corrected chi connectivity index (χ2v) is 7.33. The smallest absolute Gasteiger partial charge is 0.338 e.